The average Bonchev–Trinajstić information content (AvgIpc) is 3.25. The molecular formula is C23H22ClN3O2S. The van der Waals surface area contributed by atoms with Crippen LogP contribution in [0.5, 0.6) is 0 Å². The zero-order valence-electron chi connectivity index (χ0n) is 16.6. The van der Waals surface area contributed by atoms with E-state index in [1.165, 1.54) is 0 Å². The number of aromatic nitrogens is 1. The van der Waals surface area contributed by atoms with Crippen molar-refractivity contribution in [1.29, 1.82) is 0 Å². The van der Waals surface area contributed by atoms with Gasteiger partial charge in [0.25, 0.3) is 0 Å². The molecular weight excluding hydrogens is 418 g/mol. The molecule has 1 aromatic heterocycles. The lowest BCUT2D eigenvalue weighted by Gasteiger charge is -2.30. The van der Waals surface area contributed by atoms with Gasteiger partial charge in [-0.15, -0.1) is 11.3 Å². The molecule has 2 aromatic carbocycles. The third-order valence-corrected chi connectivity index (χ3v) is 6.50. The third kappa shape index (κ3) is 4.71. The Bertz CT molecular complexity index is 1040. The van der Waals surface area contributed by atoms with E-state index >= 15 is 0 Å². The first-order valence-electron chi connectivity index (χ1n) is 9.88. The van der Waals surface area contributed by atoms with Crippen molar-refractivity contribution in [2.45, 2.75) is 19.8 Å². The molecule has 0 bridgehead atoms. The number of nitrogens with one attached hydrogen (secondary N) is 1. The highest BCUT2D eigenvalue weighted by molar-refractivity contribution is 7.13. The van der Waals surface area contributed by atoms with Gasteiger partial charge in [0.15, 0.2) is 0 Å². The standard InChI is InChI=1S/C23H22ClN3O2S/c1-15(28)27-12-10-17(11-13-27)22(29)25-20-8-4-16(5-9-20)21-14-30-23(26-21)18-2-6-19(24)7-3-18/h2-9,14,17H,10-13H2,1H3,(H,25,29). The van der Waals surface area contributed by atoms with Gasteiger partial charge in [-0.25, -0.2) is 4.98 Å². The van der Waals surface area contributed by atoms with Crippen LogP contribution in [0.15, 0.2) is 53.9 Å². The highest BCUT2D eigenvalue weighted by atomic mass is 35.5. The van der Waals surface area contributed by atoms with Crippen LogP contribution in [0.4, 0.5) is 5.69 Å². The SMILES string of the molecule is CC(=O)N1CCC(C(=O)Nc2ccc(-c3csc(-c4ccc(Cl)cc4)n3)cc2)CC1. The largest absolute Gasteiger partial charge is 0.343 e. The number of rotatable bonds is 4. The number of likely N-dealkylation sites (tertiary alicyclic amines) is 1. The molecule has 0 spiro atoms. The Morgan fingerprint density at radius 1 is 1.03 bits per heavy atom. The van der Waals surface area contributed by atoms with Crippen molar-refractivity contribution in [2.24, 2.45) is 5.92 Å². The number of carbonyl (C=O) groups excluding carboxylic acids is 2. The first-order valence-corrected chi connectivity index (χ1v) is 11.1. The van der Waals surface area contributed by atoms with Gasteiger partial charge in [0.1, 0.15) is 5.01 Å². The molecule has 1 aliphatic heterocycles. The summed E-state index contributed by atoms with van der Waals surface area (Å²) in [6, 6.07) is 15.4. The molecule has 3 aromatic rings. The van der Waals surface area contributed by atoms with Gasteiger partial charge < -0.3 is 10.2 Å². The molecule has 0 radical (unpaired) electrons. The molecule has 0 unspecified atom stereocenters. The van der Waals surface area contributed by atoms with E-state index in [-0.39, 0.29) is 17.7 Å². The molecule has 30 heavy (non-hydrogen) atoms. The monoisotopic (exact) mass is 439 g/mol. The number of amides is 2. The van der Waals surface area contributed by atoms with Crippen molar-refractivity contribution in [1.82, 2.24) is 9.88 Å². The molecule has 1 fully saturated rings. The number of benzene rings is 2. The van der Waals surface area contributed by atoms with E-state index < -0.39 is 0 Å². The highest BCUT2D eigenvalue weighted by Gasteiger charge is 2.26. The summed E-state index contributed by atoms with van der Waals surface area (Å²) in [6.45, 7) is 2.86. The molecule has 1 saturated heterocycles. The Balaban J connectivity index is 1.38. The number of anilines is 1. The van der Waals surface area contributed by atoms with Gasteiger partial charge in [0.05, 0.1) is 5.69 Å². The fourth-order valence-corrected chi connectivity index (χ4v) is 4.52. The van der Waals surface area contributed by atoms with Crippen molar-refractivity contribution in [3.05, 3.63) is 58.9 Å². The smallest absolute Gasteiger partial charge is 0.227 e. The third-order valence-electron chi connectivity index (χ3n) is 5.35. The molecule has 1 aliphatic rings. The van der Waals surface area contributed by atoms with Gasteiger partial charge in [-0.3, -0.25) is 9.59 Å². The van der Waals surface area contributed by atoms with Crippen molar-refractivity contribution in [2.75, 3.05) is 18.4 Å². The molecule has 1 N–H and O–H groups in total. The number of carbonyl (C=O) groups is 2. The lowest BCUT2D eigenvalue weighted by Crippen LogP contribution is -2.40. The normalized spacial score (nSPS) is 14.5. The number of halogens is 1. The second-order valence-corrected chi connectivity index (χ2v) is 8.69. The van der Waals surface area contributed by atoms with Crippen LogP contribution >= 0.6 is 22.9 Å². The zero-order chi connectivity index (χ0) is 21.1. The van der Waals surface area contributed by atoms with Crippen LogP contribution in [0.25, 0.3) is 21.8 Å². The summed E-state index contributed by atoms with van der Waals surface area (Å²) < 4.78 is 0. The topological polar surface area (TPSA) is 62.3 Å². The van der Waals surface area contributed by atoms with Crippen molar-refractivity contribution in [3.63, 3.8) is 0 Å². The summed E-state index contributed by atoms with van der Waals surface area (Å²) in [5, 5.41) is 6.67. The van der Waals surface area contributed by atoms with Crippen LogP contribution in [0.2, 0.25) is 5.02 Å². The number of hydrogen-bond donors (Lipinski definition) is 1. The number of thiazole rings is 1. The minimum atomic E-state index is -0.0549. The van der Waals surface area contributed by atoms with Gasteiger partial charge in [0.2, 0.25) is 11.8 Å². The van der Waals surface area contributed by atoms with Crippen LogP contribution in [-0.2, 0) is 9.59 Å². The lowest BCUT2D eigenvalue weighted by atomic mass is 9.95. The molecule has 0 atom stereocenters. The van der Waals surface area contributed by atoms with Crippen LogP contribution in [0, 0.1) is 5.92 Å². The fraction of sp³-hybridized carbons (Fsp3) is 0.261. The first-order chi connectivity index (χ1) is 14.5. The number of nitrogens with zero attached hydrogens (tertiary/aromatic N) is 2. The van der Waals surface area contributed by atoms with Crippen molar-refractivity contribution >= 4 is 40.4 Å². The Labute approximate surface area is 184 Å². The number of hydrogen-bond acceptors (Lipinski definition) is 4. The molecule has 0 aliphatic carbocycles. The van der Waals surface area contributed by atoms with E-state index in [2.05, 4.69) is 5.32 Å². The zero-order valence-corrected chi connectivity index (χ0v) is 18.2. The molecule has 154 valence electrons. The van der Waals surface area contributed by atoms with E-state index in [1.807, 2.05) is 53.9 Å². The minimum Gasteiger partial charge on any atom is -0.343 e. The average molecular weight is 440 g/mol. The van der Waals surface area contributed by atoms with E-state index in [4.69, 9.17) is 16.6 Å². The lowest BCUT2D eigenvalue weighted by molar-refractivity contribution is -0.132. The molecule has 2 heterocycles. The maximum atomic E-state index is 12.5. The van der Waals surface area contributed by atoms with Gasteiger partial charge in [0, 0.05) is 53.1 Å². The Kier molecular flexibility index (Phi) is 6.16. The Morgan fingerprint density at radius 2 is 1.67 bits per heavy atom. The predicted molar refractivity (Wildman–Crippen MR) is 122 cm³/mol. The Hall–Kier alpha value is -2.70. The summed E-state index contributed by atoms with van der Waals surface area (Å²) in [5.74, 6) is 0.0380. The molecule has 4 rings (SSSR count). The maximum absolute atomic E-state index is 12.5. The van der Waals surface area contributed by atoms with E-state index in [0.717, 1.165) is 27.5 Å². The van der Waals surface area contributed by atoms with Crippen LogP contribution < -0.4 is 5.32 Å². The van der Waals surface area contributed by atoms with Crippen molar-refractivity contribution < 1.29 is 9.59 Å². The molecule has 7 heteroatoms. The van der Waals surface area contributed by atoms with Crippen LogP contribution in [0.1, 0.15) is 19.8 Å². The second kappa shape index (κ2) is 8.98. The van der Waals surface area contributed by atoms with E-state index in [9.17, 15) is 9.59 Å². The van der Waals surface area contributed by atoms with E-state index in [0.29, 0.717) is 31.0 Å². The van der Waals surface area contributed by atoms with Gasteiger partial charge in [-0.05, 0) is 37.1 Å². The number of piperidine rings is 1. The molecule has 0 saturated carbocycles. The van der Waals surface area contributed by atoms with Crippen molar-refractivity contribution in [3.8, 4) is 21.8 Å². The van der Waals surface area contributed by atoms with Gasteiger partial charge in [-0.1, -0.05) is 35.9 Å². The highest BCUT2D eigenvalue weighted by Crippen LogP contribution is 2.30. The second-order valence-electron chi connectivity index (χ2n) is 7.39. The summed E-state index contributed by atoms with van der Waals surface area (Å²) in [7, 11) is 0. The van der Waals surface area contributed by atoms with Crippen LogP contribution in [0.3, 0.4) is 0 Å². The quantitative estimate of drug-likeness (QED) is 0.597. The Morgan fingerprint density at radius 3 is 2.30 bits per heavy atom. The summed E-state index contributed by atoms with van der Waals surface area (Å²) in [4.78, 5) is 30.5. The maximum Gasteiger partial charge on any atom is 0.227 e. The predicted octanol–water partition coefficient (Wildman–Crippen LogP) is 5.33. The first kappa shape index (κ1) is 20.6. The molecule has 5 nitrogen and oxygen atoms in total. The summed E-state index contributed by atoms with van der Waals surface area (Å²) >= 11 is 7.54. The minimum absolute atomic E-state index is 0.0182. The van der Waals surface area contributed by atoms with Crippen LogP contribution in [-0.4, -0.2) is 34.8 Å². The fourth-order valence-electron chi connectivity index (χ4n) is 3.56. The van der Waals surface area contributed by atoms with E-state index in [1.54, 1.807) is 23.2 Å². The molecule has 2 amide bonds. The summed E-state index contributed by atoms with van der Waals surface area (Å²) in [5.41, 5.74) is 3.71. The van der Waals surface area contributed by atoms with Gasteiger partial charge >= 0.3 is 0 Å². The summed E-state index contributed by atoms with van der Waals surface area (Å²) in [6.07, 6.45) is 1.41. The van der Waals surface area contributed by atoms with Gasteiger partial charge in [-0.2, -0.15) is 0 Å².